The van der Waals surface area contributed by atoms with E-state index in [2.05, 4.69) is 29.7 Å². The van der Waals surface area contributed by atoms with Gasteiger partial charge in [0, 0.05) is 28.9 Å². The zero-order valence-corrected chi connectivity index (χ0v) is 15.4. The van der Waals surface area contributed by atoms with Crippen LogP contribution in [-0.4, -0.2) is 25.0 Å². The molecule has 2 fully saturated rings. The third kappa shape index (κ3) is 3.94. The van der Waals surface area contributed by atoms with E-state index in [9.17, 15) is 4.79 Å². The highest BCUT2D eigenvalue weighted by molar-refractivity contribution is 6.31. The van der Waals surface area contributed by atoms with E-state index in [0.717, 1.165) is 37.3 Å². The van der Waals surface area contributed by atoms with Gasteiger partial charge in [-0.3, -0.25) is 4.79 Å². The Kier molecular flexibility index (Phi) is 5.83. The van der Waals surface area contributed by atoms with E-state index in [4.69, 9.17) is 11.6 Å². The van der Waals surface area contributed by atoms with Crippen LogP contribution >= 0.6 is 11.6 Å². The summed E-state index contributed by atoms with van der Waals surface area (Å²) in [5, 5.41) is 7.54. The quantitative estimate of drug-likeness (QED) is 0.862. The lowest BCUT2D eigenvalue weighted by atomic mass is 9.69. The molecule has 1 heterocycles. The highest BCUT2D eigenvalue weighted by Crippen LogP contribution is 2.42. The van der Waals surface area contributed by atoms with Crippen molar-refractivity contribution in [2.45, 2.75) is 63.3 Å². The number of carbonyl (C=O) groups is 1. The first-order valence-electron chi connectivity index (χ1n) is 9.37. The number of hydrogen-bond donors (Lipinski definition) is 2. The lowest BCUT2D eigenvalue weighted by Crippen LogP contribution is -2.47. The van der Waals surface area contributed by atoms with Crippen molar-refractivity contribution in [2.24, 2.45) is 5.92 Å². The molecule has 2 atom stereocenters. The first kappa shape index (κ1) is 17.8. The maximum Gasteiger partial charge on any atom is 0.223 e. The summed E-state index contributed by atoms with van der Waals surface area (Å²) in [5.74, 6) is 0.369. The minimum Gasteiger partial charge on any atom is -0.355 e. The van der Waals surface area contributed by atoms with Gasteiger partial charge in [0.25, 0.3) is 0 Å². The normalized spacial score (nSPS) is 26.8. The molecule has 1 aromatic carbocycles. The van der Waals surface area contributed by atoms with Crippen molar-refractivity contribution in [2.75, 3.05) is 13.1 Å². The summed E-state index contributed by atoms with van der Waals surface area (Å²) < 4.78 is 0. The van der Waals surface area contributed by atoms with Crippen LogP contribution in [0.4, 0.5) is 0 Å². The van der Waals surface area contributed by atoms with Crippen LogP contribution in [0.15, 0.2) is 24.3 Å². The van der Waals surface area contributed by atoms with Gasteiger partial charge in [-0.05, 0) is 50.8 Å². The van der Waals surface area contributed by atoms with Crippen molar-refractivity contribution in [1.29, 1.82) is 0 Å². The van der Waals surface area contributed by atoms with E-state index in [1.54, 1.807) is 0 Å². The summed E-state index contributed by atoms with van der Waals surface area (Å²) in [6.07, 6.45) is 7.81. The number of carbonyl (C=O) groups excluding carboxylic acids is 1. The van der Waals surface area contributed by atoms with Crippen molar-refractivity contribution in [3.05, 3.63) is 34.9 Å². The molecule has 132 valence electrons. The van der Waals surface area contributed by atoms with E-state index in [1.807, 2.05) is 12.1 Å². The summed E-state index contributed by atoms with van der Waals surface area (Å²) in [5.41, 5.74) is 1.22. The van der Waals surface area contributed by atoms with Crippen LogP contribution in [-0.2, 0) is 10.2 Å². The molecule has 0 aromatic heterocycles. The molecular weight excluding hydrogens is 320 g/mol. The first-order chi connectivity index (χ1) is 11.6. The molecular formula is C20H29ClN2O. The molecule has 3 rings (SSSR count). The van der Waals surface area contributed by atoms with Crippen molar-refractivity contribution in [1.82, 2.24) is 10.6 Å². The zero-order chi connectivity index (χ0) is 17.0. The summed E-state index contributed by atoms with van der Waals surface area (Å²) in [6.45, 7) is 3.81. The minimum absolute atomic E-state index is 0.00475. The van der Waals surface area contributed by atoms with Crippen LogP contribution in [0.5, 0.6) is 0 Å². The molecule has 2 N–H and O–H groups in total. The highest BCUT2D eigenvalue weighted by Gasteiger charge is 2.36. The van der Waals surface area contributed by atoms with Gasteiger partial charge in [-0.25, -0.2) is 0 Å². The summed E-state index contributed by atoms with van der Waals surface area (Å²) in [7, 11) is 0. The van der Waals surface area contributed by atoms with Crippen molar-refractivity contribution >= 4 is 17.5 Å². The van der Waals surface area contributed by atoms with E-state index in [1.165, 1.54) is 24.8 Å². The van der Waals surface area contributed by atoms with Gasteiger partial charge in [0.1, 0.15) is 0 Å². The zero-order valence-electron chi connectivity index (χ0n) is 14.6. The van der Waals surface area contributed by atoms with Gasteiger partial charge >= 0.3 is 0 Å². The van der Waals surface area contributed by atoms with Crippen LogP contribution in [0.1, 0.15) is 57.4 Å². The molecule has 1 saturated carbocycles. The number of halogens is 1. The predicted molar refractivity (Wildman–Crippen MR) is 99.4 cm³/mol. The van der Waals surface area contributed by atoms with E-state index >= 15 is 0 Å². The lowest BCUT2D eigenvalue weighted by molar-refractivity contribution is -0.126. The smallest absolute Gasteiger partial charge is 0.223 e. The molecule has 3 nitrogen and oxygen atoms in total. The molecule has 1 aliphatic heterocycles. The largest absolute Gasteiger partial charge is 0.355 e. The van der Waals surface area contributed by atoms with Crippen LogP contribution in [0.2, 0.25) is 5.02 Å². The number of rotatable bonds is 4. The molecule has 1 aliphatic carbocycles. The molecule has 1 amide bonds. The Balaban J connectivity index is 1.71. The number of piperidine rings is 1. The van der Waals surface area contributed by atoms with Crippen LogP contribution in [0, 0.1) is 5.92 Å². The van der Waals surface area contributed by atoms with Crippen LogP contribution in [0.3, 0.4) is 0 Å². The lowest BCUT2D eigenvalue weighted by Gasteiger charge is -2.39. The monoisotopic (exact) mass is 348 g/mol. The van der Waals surface area contributed by atoms with E-state index < -0.39 is 0 Å². The fourth-order valence-corrected chi connectivity index (χ4v) is 4.77. The Bertz CT molecular complexity index is 569. The van der Waals surface area contributed by atoms with Gasteiger partial charge < -0.3 is 10.6 Å². The Morgan fingerprint density at radius 3 is 2.75 bits per heavy atom. The third-order valence-electron chi connectivity index (χ3n) is 5.85. The van der Waals surface area contributed by atoms with Crippen molar-refractivity contribution in [3.63, 3.8) is 0 Å². The molecule has 0 radical (unpaired) electrons. The molecule has 1 saturated heterocycles. The average Bonchev–Trinajstić information content (AvgIpc) is 2.61. The average molecular weight is 349 g/mol. The highest BCUT2D eigenvalue weighted by atomic mass is 35.5. The second kappa shape index (κ2) is 7.88. The molecule has 0 spiro atoms. The maximum atomic E-state index is 12.7. The Morgan fingerprint density at radius 1 is 1.29 bits per heavy atom. The molecule has 24 heavy (non-hydrogen) atoms. The number of hydrogen-bond acceptors (Lipinski definition) is 2. The molecule has 1 aromatic rings. The van der Waals surface area contributed by atoms with Crippen molar-refractivity contribution in [3.8, 4) is 0 Å². The molecule has 0 bridgehead atoms. The summed E-state index contributed by atoms with van der Waals surface area (Å²) >= 11 is 6.51. The maximum absolute atomic E-state index is 12.7. The fourth-order valence-electron chi connectivity index (χ4n) is 4.43. The number of nitrogens with one attached hydrogen (secondary N) is 2. The molecule has 4 heteroatoms. The Hall–Kier alpha value is -1.06. The third-order valence-corrected chi connectivity index (χ3v) is 6.18. The van der Waals surface area contributed by atoms with Gasteiger partial charge in [0.05, 0.1) is 0 Å². The fraction of sp³-hybridized carbons (Fsp3) is 0.650. The second-order valence-corrected chi connectivity index (χ2v) is 8.02. The van der Waals surface area contributed by atoms with Gasteiger partial charge in [-0.2, -0.15) is 0 Å². The molecule has 2 aliphatic rings. The van der Waals surface area contributed by atoms with E-state index in [-0.39, 0.29) is 17.2 Å². The Morgan fingerprint density at radius 2 is 2.04 bits per heavy atom. The van der Waals surface area contributed by atoms with E-state index in [0.29, 0.717) is 12.6 Å². The van der Waals surface area contributed by atoms with Gasteiger partial charge in [-0.1, -0.05) is 49.1 Å². The number of benzene rings is 1. The molecule has 0 unspecified atom stereocenters. The Labute approximate surface area is 150 Å². The van der Waals surface area contributed by atoms with Gasteiger partial charge in [-0.15, -0.1) is 0 Å². The van der Waals surface area contributed by atoms with Gasteiger partial charge in [0.2, 0.25) is 5.91 Å². The predicted octanol–water partition coefficient (Wildman–Crippen LogP) is 4.05. The van der Waals surface area contributed by atoms with Gasteiger partial charge in [0.15, 0.2) is 0 Å². The summed E-state index contributed by atoms with van der Waals surface area (Å²) in [4.78, 5) is 12.7. The van der Waals surface area contributed by atoms with Crippen LogP contribution < -0.4 is 10.6 Å². The standard InChI is InChI=1S/C20H29ClN2O/c1-15-13-16(9-12-22-15)19(24)23-14-20(10-5-2-6-11-20)17-7-3-4-8-18(17)21/h3-4,7-8,15-16,22H,2,5-6,9-14H2,1H3,(H,23,24)/t15-,16-/m0/s1. The second-order valence-electron chi connectivity index (χ2n) is 7.62. The number of amides is 1. The first-order valence-corrected chi connectivity index (χ1v) is 9.75. The minimum atomic E-state index is 0.00475. The topological polar surface area (TPSA) is 41.1 Å². The van der Waals surface area contributed by atoms with Crippen LogP contribution in [0.25, 0.3) is 0 Å². The summed E-state index contributed by atoms with van der Waals surface area (Å²) in [6, 6.07) is 8.60. The SMILES string of the molecule is C[C@H]1C[C@@H](C(=O)NCC2(c3ccccc3Cl)CCCCC2)CCN1. The van der Waals surface area contributed by atoms with Crippen molar-refractivity contribution < 1.29 is 4.79 Å².